The molecular formula is C16H23FN2O2. The number of nitrogens with zero attached hydrogens (tertiary/aromatic N) is 1. The van der Waals surface area contributed by atoms with E-state index in [1.807, 2.05) is 13.8 Å². The van der Waals surface area contributed by atoms with Crippen LogP contribution in [0, 0.1) is 5.82 Å². The van der Waals surface area contributed by atoms with Crippen molar-refractivity contribution < 1.29 is 14.3 Å². The van der Waals surface area contributed by atoms with Crippen molar-refractivity contribution >= 4 is 5.91 Å². The van der Waals surface area contributed by atoms with Gasteiger partial charge in [0.15, 0.2) is 5.60 Å². The first-order valence-corrected chi connectivity index (χ1v) is 7.41. The number of carbonyl (C=O) groups excluding carboxylic acids is 1. The van der Waals surface area contributed by atoms with Crippen LogP contribution >= 0.6 is 0 Å². The molecule has 2 rings (SSSR count). The number of halogens is 1. The van der Waals surface area contributed by atoms with Gasteiger partial charge in [0.05, 0.1) is 0 Å². The molecule has 1 atom stereocenters. The quantitative estimate of drug-likeness (QED) is 0.868. The first-order valence-electron chi connectivity index (χ1n) is 7.41. The summed E-state index contributed by atoms with van der Waals surface area (Å²) >= 11 is 0. The molecule has 1 amide bonds. The molecule has 0 aromatic heterocycles. The summed E-state index contributed by atoms with van der Waals surface area (Å²) in [5.74, 6) is -0.634. The van der Waals surface area contributed by atoms with Crippen molar-refractivity contribution in [3.05, 3.63) is 35.6 Å². The first kappa shape index (κ1) is 15.9. The van der Waals surface area contributed by atoms with Gasteiger partial charge in [-0.3, -0.25) is 4.79 Å². The van der Waals surface area contributed by atoms with Crippen molar-refractivity contribution in [3.8, 4) is 0 Å². The van der Waals surface area contributed by atoms with Crippen molar-refractivity contribution in [1.82, 2.24) is 10.2 Å². The van der Waals surface area contributed by atoms with Crippen molar-refractivity contribution in [2.24, 2.45) is 0 Å². The molecule has 0 radical (unpaired) electrons. The summed E-state index contributed by atoms with van der Waals surface area (Å²) in [7, 11) is 0. The average molecular weight is 294 g/mol. The summed E-state index contributed by atoms with van der Waals surface area (Å²) in [6, 6.07) is 6.63. The number of hydrogen-bond acceptors (Lipinski definition) is 3. The fourth-order valence-corrected chi connectivity index (χ4v) is 2.59. The molecule has 2 N–H and O–H groups in total. The Labute approximate surface area is 125 Å². The highest BCUT2D eigenvalue weighted by Gasteiger charge is 2.41. The van der Waals surface area contributed by atoms with Gasteiger partial charge in [0.1, 0.15) is 5.82 Å². The molecule has 1 aromatic carbocycles. The van der Waals surface area contributed by atoms with E-state index in [1.165, 1.54) is 6.07 Å². The Morgan fingerprint density at radius 1 is 1.43 bits per heavy atom. The zero-order valence-corrected chi connectivity index (χ0v) is 12.6. The molecule has 0 aliphatic carbocycles. The van der Waals surface area contributed by atoms with Gasteiger partial charge in [0.2, 0.25) is 0 Å². The standard InChI is InChI=1S/C16H23FN2O2/c1-12(2)18-11-16(21)8-5-9-19(15(16)20)10-13-6-3-4-7-14(13)17/h3-4,6-7,12,18,21H,5,8-11H2,1-2H3. The minimum Gasteiger partial charge on any atom is -0.379 e. The lowest BCUT2D eigenvalue weighted by atomic mass is 9.91. The molecule has 0 bridgehead atoms. The molecule has 1 aromatic rings. The third-order valence-corrected chi connectivity index (χ3v) is 3.83. The number of benzene rings is 1. The predicted molar refractivity (Wildman–Crippen MR) is 79.1 cm³/mol. The van der Waals surface area contributed by atoms with E-state index in [2.05, 4.69) is 5.32 Å². The maximum absolute atomic E-state index is 13.7. The van der Waals surface area contributed by atoms with Crippen LogP contribution < -0.4 is 5.32 Å². The lowest BCUT2D eigenvalue weighted by molar-refractivity contribution is -0.157. The Balaban J connectivity index is 2.07. The summed E-state index contributed by atoms with van der Waals surface area (Å²) in [5, 5.41) is 13.7. The second-order valence-corrected chi connectivity index (χ2v) is 5.99. The third kappa shape index (κ3) is 3.80. The van der Waals surface area contributed by atoms with Gasteiger partial charge in [-0.15, -0.1) is 0 Å². The van der Waals surface area contributed by atoms with Gasteiger partial charge >= 0.3 is 0 Å². The number of likely N-dealkylation sites (tertiary alicyclic amines) is 1. The maximum atomic E-state index is 13.7. The molecule has 5 heteroatoms. The number of rotatable bonds is 5. The van der Waals surface area contributed by atoms with Crippen molar-refractivity contribution in [3.63, 3.8) is 0 Å². The summed E-state index contributed by atoms with van der Waals surface area (Å²) in [6.45, 7) is 4.92. The Kier molecular flexibility index (Phi) is 4.96. The van der Waals surface area contributed by atoms with Crippen LogP contribution in [0.3, 0.4) is 0 Å². The molecule has 1 fully saturated rings. The highest BCUT2D eigenvalue weighted by Crippen LogP contribution is 2.24. The van der Waals surface area contributed by atoms with Crippen LogP contribution in [0.5, 0.6) is 0 Å². The van der Waals surface area contributed by atoms with Gasteiger partial charge in [-0.05, 0) is 18.9 Å². The third-order valence-electron chi connectivity index (χ3n) is 3.83. The van der Waals surface area contributed by atoms with Crippen molar-refractivity contribution in [1.29, 1.82) is 0 Å². The van der Waals surface area contributed by atoms with Crippen LogP contribution in [-0.2, 0) is 11.3 Å². The van der Waals surface area contributed by atoms with Crippen LogP contribution in [0.2, 0.25) is 0 Å². The Morgan fingerprint density at radius 3 is 2.81 bits per heavy atom. The number of piperidine rings is 1. The van der Waals surface area contributed by atoms with Crippen LogP contribution in [-0.4, -0.2) is 40.6 Å². The van der Waals surface area contributed by atoms with Gasteiger partial charge in [-0.25, -0.2) is 4.39 Å². The highest BCUT2D eigenvalue weighted by atomic mass is 19.1. The number of nitrogens with one attached hydrogen (secondary N) is 1. The van der Waals surface area contributed by atoms with Crippen LogP contribution in [0.25, 0.3) is 0 Å². The van der Waals surface area contributed by atoms with E-state index in [4.69, 9.17) is 0 Å². The van der Waals surface area contributed by atoms with Crippen LogP contribution in [0.15, 0.2) is 24.3 Å². The average Bonchev–Trinajstić information content (AvgIpc) is 2.44. The second-order valence-electron chi connectivity index (χ2n) is 5.99. The van der Waals surface area contributed by atoms with Gasteiger partial charge in [0, 0.05) is 31.2 Å². The van der Waals surface area contributed by atoms with E-state index >= 15 is 0 Å². The van der Waals surface area contributed by atoms with Crippen LogP contribution in [0.1, 0.15) is 32.3 Å². The van der Waals surface area contributed by atoms with E-state index in [1.54, 1.807) is 23.1 Å². The molecule has 1 aliphatic rings. The smallest absolute Gasteiger partial charge is 0.256 e. The second kappa shape index (κ2) is 6.54. The molecule has 1 heterocycles. The normalized spacial score (nSPS) is 22.9. The highest BCUT2D eigenvalue weighted by molar-refractivity contribution is 5.86. The Hall–Kier alpha value is -1.46. The number of aliphatic hydroxyl groups is 1. The SMILES string of the molecule is CC(C)NCC1(O)CCCN(Cc2ccccc2F)C1=O. The predicted octanol–water partition coefficient (Wildman–Crippen LogP) is 1.68. The molecule has 21 heavy (non-hydrogen) atoms. The van der Waals surface area contributed by atoms with Crippen molar-refractivity contribution in [2.75, 3.05) is 13.1 Å². The molecule has 0 saturated carbocycles. The van der Waals surface area contributed by atoms with E-state index < -0.39 is 5.60 Å². The molecular weight excluding hydrogens is 271 g/mol. The maximum Gasteiger partial charge on any atom is 0.256 e. The molecule has 1 unspecified atom stereocenters. The molecule has 1 saturated heterocycles. The van der Waals surface area contributed by atoms with E-state index in [-0.39, 0.29) is 30.9 Å². The van der Waals surface area contributed by atoms with E-state index in [0.29, 0.717) is 18.5 Å². The molecule has 1 aliphatic heterocycles. The summed E-state index contributed by atoms with van der Waals surface area (Å²) < 4.78 is 13.7. The van der Waals surface area contributed by atoms with E-state index in [9.17, 15) is 14.3 Å². The summed E-state index contributed by atoms with van der Waals surface area (Å²) in [6.07, 6.45) is 1.16. The Morgan fingerprint density at radius 2 is 2.14 bits per heavy atom. The zero-order chi connectivity index (χ0) is 15.5. The zero-order valence-electron chi connectivity index (χ0n) is 12.6. The van der Waals surface area contributed by atoms with Gasteiger partial charge in [-0.2, -0.15) is 0 Å². The number of carbonyl (C=O) groups is 1. The van der Waals surface area contributed by atoms with Crippen molar-refractivity contribution in [2.45, 2.75) is 44.9 Å². The fraction of sp³-hybridized carbons (Fsp3) is 0.562. The molecule has 0 spiro atoms. The molecule has 4 nitrogen and oxygen atoms in total. The first-order chi connectivity index (χ1) is 9.92. The Bertz CT molecular complexity index is 507. The van der Waals surface area contributed by atoms with Gasteiger partial charge in [-0.1, -0.05) is 32.0 Å². The number of hydrogen-bond donors (Lipinski definition) is 2. The summed E-state index contributed by atoms with van der Waals surface area (Å²) in [4.78, 5) is 14.0. The molecule has 116 valence electrons. The minimum absolute atomic E-state index is 0.198. The monoisotopic (exact) mass is 294 g/mol. The van der Waals surface area contributed by atoms with Gasteiger partial charge < -0.3 is 15.3 Å². The lowest BCUT2D eigenvalue weighted by Gasteiger charge is -2.38. The minimum atomic E-state index is -1.38. The van der Waals surface area contributed by atoms with Crippen LogP contribution in [0.4, 0.5) is 4.39 Å². The van der Waals surface area contributed by atoms with E-state index in [0.717, 1.165) is 6.42 Å². The number of amides is 1. The summed E-state index contributed by atoms with van der Waals surface area (Å²) in [5.41, 5.74) is -0.903. The fourth-order valence-electron chi connectivity index (χ4n) is 2.59. The van der Waals surface area contributed by atoms with Gasteiger partial charge in [0.25, 0.3) is 5.91 Å². The topological polar surface area (TPSA) is 52.6 Å². The largest absolute Gasteiger partial charge is 0.379 e. The lowest BCUT2D eigenvalue weighted by Crippen LogP contribution is -2.58.